The van der Waals surface area contributed by atoms with E-state index >= 15 is 0 Å². The maximum atomic E-state index is 5.79. The van der Waals surface area contributed by atoms with Crippen molar-refractivity contribution in [2.75, 3.05) is 12.3 Å². The van der Waals surface area contributed by atoms with Crippen LogP contribution in [0.3, 0.4) is 0 Å². The van der Waals surface area contributed by atoms with Crippen LogP contribution in [0.4, 0.5) is 5.95 Å². The molecule has 0 spiro atoms. The van der Waals surface area contributed by atoms with Gasteiger partial charge in [-0.1, -0.05) is 20.8 Å². The van der Waals surface area contributed by atoms with E-state index in [1.165, 1.54) is 0 Å². The van der Waals surface area contributed by atoms with Gasteiger partial charge in [0.2, 0.25) is 5.95 Å². The second-order valence-corrected chi connectivity index (χ2v) is 6.85. The smallest absolute Gasteiger partial charge is 0.240 e. The first kappa shape index (κ1) is 16.4. The molecule has 0 aliphatic heterocycles. The van der Waals surface area contributed by atoms with E-state index in [4.69, 9.17) is 10.5 Å². The van der Waals surface area contributed by atoms with Crippen LogP contribution in [0.25, 0.3) is 16.8 Å². The summed E-state index contributed by atoms with van der Waals surface area (Å²) < 4.78 is 9.26. The SMILES string of the molecule is CCOC(C)n1cc(-c2ccc3nc(N)nn3c2C(C)(C)C)cn1. The highest BCUT2D eigenvalue weighted by Gasteiger charge is 2.24. The lowest BCUT2D eigenvalue weighted by Gasteiger charge is -2.23. The van der Waals surface area contributed by atoms with Gasteiger partial charge in [0.1, 0.15) is 6.23 Å². The van der Waals surface area contributed by atoms with E-state index in [1.54, 1.807) is 0 Å². The van der Waals surface area contributed by atoms with E-state index in [0.717, 1.165) is 22.5 Å². The number of nitrogens with two attached hydrogens (primary N) is 1. The molecule has 0 radical (unpaired) electrons. The molecule has 1 atom stereocenters. The van der Waals surface area contributed by atoms with Crippen molar-refractivity contribution < 1.29 is 4.74 Å². The van der Waals surface area contributed by atoms with Crippen LogP contribution in [0.1, 0.15) is 46.5 Å². The van der Waals surface area contributed by atoms with Crippen molar-refractivity contribution in [3.63, 3.8) is 0 Å². The number of aromatic nitrogens is 5. The predicted octanol–water partition coefficient (Wildman–Crippen LogP) is 3.03. The fraction of sp³-hybridized carbons (Fsp3) is 0.471. The van der Waals surface area contributed by atoms with Crippen LogP contribution in [0.15, 0.2) is 24.5 Å². The van der Waals surface area contributed by atoms with Crippen molar-refractivity contribution in [2.45, 2.75) is 46.3 Å². The summed E-state index contributed by atoms with van der Waals surface area (Å²) in [5.41, 5.74) is 9.53. The van der Waals surface area contributed by atoms with Gasteiger partial charge in [-0.05, 0) is 26.0 Å². The lowest BCUT2D eigenvalue weighted by atomic mass is 9.86. The third-order valence-electron chi connectivity index (χ3n) is 3.92. The summed E-state index contributed by atoms with van der Waals surface area (Å²) in [6.45, 7) is 11.0. The van der Waals surface area contributed by atoms with Crippen LogP contribution in [-0.2, 0) is 10.2 Å². The third kappa shape index (κ3) is 2.87. The normalized spacial score (nSPS) is 13.5. The van der Waals surface area contributed by atoms with Gasteiger partial charge >= 0.3 is 0 Å². The van der Waals surface area contributed by atoms with Gasteiger partial charge in [0, 0.05) is 29.3 Å². The van der Waals surface area contributed by atoms with E-state index in [-0.39, 0.29) is 17.6 Å². The monoisotopic (exact) mass is 328 g/mol. The van der Waals surface area contributed by atoms with Gasteiger partial charge in [-0.3, -0.25) is 0 Å². The molecule has 0 saturated heterocycles. The Bertz CT molecular complexity index is 858. The first-order valence-corrected chi connectivity index (χ1v) is 8.13. The van der Waals surface area contributed by atoms with Crippen LogP contribution >= 0.6 is 0 Å². The summed E-state index contributed by atoms with van der Waals surface area (Å²) in [5, 5.41) is 8.81. The predicted molar refractivity (Wildman–Crippen MR) is 93.7 cm³/mol. The van der Waals surface area contributed by atoms with Crippen molar-refractivity contribution in [3.8, 4) is 11.1 Å². The zero-order chi connectivity index (χ0) is 17.5. The Morgan fingerprint density at radius 2 is 2.04 bits per heavy atom. The molecule has 7 nitrogen and oxygen atoms in total. The Balaban J connectivity index is 2.16. The highest BCUT2D eigenvalue weighted by molar-refractivity contribution is 5.68. The largest absolute Gasteiger partial charge is 0.366 e. The molecule has 1 unspecified atom stereocenters. The first-order valence-electron chi connectivity index (χ1n) is 8.13. The third-order valence-corrected chi connectivity index (χ3v) is 3.92. The second-order valence-electron chi connectivity index (χ2n) is 6.85. The van der Waals surface area contributed by atoms with Gasteiger partial charge in [-0.15, -0.1) is 5.10 Å². The molecule has 0 aliphatic carbocycles. The Morgan fingerprint density at radius 1 is 1.29 bits per heavy atom. The molecular weight excluding hydrogens is 304 g/mol. The number of hydrogen-bond donors (Lipinski definition) is 1. The summed E-state index contributed by atoms with van der Waals surface area (Å²) >= 11 is 0. The van der Waals surface area contributed by atoms with E-state index in [2.05, 4.69) is 42.0 Å². The Hall–Kier alpha value is -2.41. The topological polar surface area (TPSA) is 83.3 Å². The molecule has 3 aromatic heterocycles. The molecule has 0 aliphatic rings. The minimum atomic E-state index is -0.136. The molecular formula is C17H24N6O. The van der Waals surface area contributed by atoms with Crippen LogP contribution in [0, 0.1) is 0 Å². The Morgan fingerprint density at radius 3 is 2.71 bits per heavy atom. The van der Waals surface area contributed by atoms with Crippen LogP contribution in [0.5, 0.6) is 0 Å². The number of ether oxygens (including phenoxy) is 1. The number of nitrogens with zero attached hydrogens (tertiary/aromatic N) is 5. The standard InChI is InChI=1S/C17H24N6O/c1-6-24-11(2)22-10-12(9-19-22)13-7-8-14-20-16(18)21-23(14)15(13)17(3,4)5/h7-11H,6H2,1-5H3,(H2,18,21). The average molecular weight is 328 g/mol. The van der Waals surface area contributed by atoms with Crippen LogP contribution in [0.2, 0.25) is 0 Å². The lowest BCUT2D eigenvalue weighted by molar-refractivity contribution is 0.0160. The van der Waals surface area contributed by atoms with E-state index < -0.39 is 0 Å². The Kier molecular flexibility index (Phi) is 4.04. The van der Waals surface area contributed by atoms with Crippen molar-refractivity contribution >= 4 is 11.6 Å². The second kappa shape index (κ2) is 5.90. The van der Waals surface area contributed by atoms with Crippen molar-refractivity contribution in [3.05, 3.63) is 30.2 Å². The maximum Gasteiger partial charge on any atom is 0.240 e. The summed E-state index contributed by atoms with van der Waals surface area (Å²) in [5.74, 6) is 0.276. The number of anilines is 1. The number of pyridine rings is 1. The maximum absolute atomic E-state index is 5.79. The summed E-state index contributed by atoms with van der Waals surface area (Å²) in [4.78, 5) is 4.27. The lowest BCUT2D eigenvalue weighted by Crippen LogP contribution is -2.18. The minimum absolute atomic E-state index is 0.104. The van der Waals surface area contributed by atoms with Gasteiger partial charge in [0.15, 0.2) is 5.65 Å². The summed E-state index contributed by atoms with van der Waals surface area (Å²) in [6, 6.07) is 3.98. The molecule has 3 heterocycles. The van der Waals surface area contributed by atoms with Gasteiger partial charge < -0.3 is 10.5 Å². The molecule has 3 aromatic rings. The number of rotatable bonds is 4. The fourth-order valence-corrected chi connectivity index (χ4v) is 2.91. The molecule has 0 saturated carbocycles. The first-order chi connectivity index (χ1) is 11.3. The van der Waals surface area contributed by atoms with Crippen LogP contribution < -0.4 is 5.73 Å². The highest BCUT2D eigenvalue weighted by atomic mass is 16.5. The fourth-order valence-electron chi connectivity index (χ4n) is 2.91. The molecule has 2 N–H and O–H groups in total. The van der Waals surface area contributed by atoms with E-state index in [1.807, 2.05) is 41.5 Å². The molecule has 0 aromatic carbocycles. The van der Waals surface area contributed by atoms with Crippen LogP contribution in [-0.4, -0.2) is 31.0 Å². The van der Waals surface area contributed by atoms with Gasteiger partial charge in [0.25, 0.3) is 0 Å². The quantitative estimate of drug-likeness (QED) is 0.796. The summed E-state index contributed by atoms with van der Waals surface area (Å²) in [6.07, 6.45) is 3.75. The molecule has 0 bridgehead atoms. The molecule has 0 fully saturated rings. The van der Waals surface area contributed by atoms with Crippen molar-refractivity contribution in [1.29, 1.82) is 0 Å². The zero-order valence-corrected chi connectivity index (χ0v) is 14.8. The van der Waals surface area contributed by atoms with Crippen molar-refractivity contribution in [1.82, 2.24) is 24.4 Å². The highest BCUT2D eigenvalue weighted by Crippen LogP contribution is 2.33. The molecule has 3 rings (SSSR count). The van der Waals surface area contributed by atoms with Gasteiger partial charge in [-0.2, -0.15) is 10.1 Å². The number of fused-ring (bicyclic) bond motifs is 1. The van der Waals surface area contributed by atoms with E-state index in [0.29, 0.717) is 6.61 Å². The zero-order valence-electron chi connectivity index (χ0n) is 14.8. The number of hydrogen-bond acceptors (Lipinski definition) is 5. The van der Waals surface area contributed by atoms with E-state index in [9.17, 15) is 0 Å². The molecule has 7 heteroatoms. The number of nitrogen functional groups attached to an aromatic ring is 1. The Labute approximate surface area is 141 Å². The van der Waals surface area contributed by atoms with Crippen molar-refractivity contribution in [2.24, 2.45) is 0 Å². The molecule has 24 heavy (non-hydrogen) atoms. The van der Waals surface area contributed by atoms with Gasteiger partial charge in [0.05, 0.1) is 11.9 Å². The summed E-state index contributed by atoms with van der Waals surface area (Å²) in [7, 11) is 0. The van der Waals surface area contributed by atoms with Gasteiger partial charge in [-0.25, -0.2) is 9.20 Å². The average Bonchev–Trinajstić information content (AvgIpc) is 3.10. The molecule has 0 amide bonds. The molecule has 128 valence electrons. The minimum Gasteiger partial charge on any atom is -0.366 e.